The molecule has 1 fully saturated rings. The van der Waals surface area contributed by atoms with Crippen LogP contribution in [-0.4, -0.2) is 41.5 Å². The average molecular weight is 240 g/mol. The summed E-state index contributed by atoms with van der Waals surface area (Å²) in [5.41, 5.74) is 0.0752. The lowest BCUT2D eigenvalue weighted by Gasteiger charge is -2.38. The van der Waals surface area contributed by atoms with Crippen molar-refractivity contribution in [3.63, 3.8) is 0 Å². The van der Waals surface area contributed by atoms with Crippen molar-refractivity contribution in [3.05, 3.63) is 0 Å². The van der Waals surface area contributed by atoms with Crippen molar-refractivity contribution >= 4 is 6.03 Å². The lowest BCUT2D eigenvalue weighted by atomic mass is 9.88. The number of likely N-dealkylation sites (N-methyl/N-ethyl adjacent to an activating group) is 1. The van der Waals surface area contributed by atoms with Gasteiger partial charge in [0.15, 0.2) is 0 Å². The van der Waals surface area contributed by atoms with Gasteiger partial charge in [-0.25, -0.2) is 4.79 Å². The molecule has 1 aliphatic heterocycles. The minimum atomic E-state index is 0.0752. The van der Waals surface area contributed by atoms with E-state index in [0.717, 1.165) is 32.4 Å². The van der Waals surface area contributed by atoms with Crippen LogP contribution in [0.3, 0.4) is 0 Å². The van der Waals surface area contributed by atoms with Gasteiger partial charge in [-0.2, -0.15) is 0 Å². The SMILES string of the molecule is CCCCCC(C)(CCC)N1CCN(C)C1=O. The van der Waals surface area contributed by atoms with Crippen molar-refractivity contribution in [1.82, 2.24) is 9.80 Å². The molecule has 1 atom stereocenters. The molecule has 0 aromatic carbocycles. The fraction of sp³-hybridized carbons (Fsp3) is 0.929. The molecule has 0 aromatic rings. The van der Waals surface area contributed by atoms with Gasteiger partial charge in [-0.3, -0.25) is 0 Å². The second-order valence-corrected chi connectivity index (χ2v) is 5.56. The first-order chi connectivity index (χ1) is 8.05. The van der Waals surface area contributed by atoms with Gasteiger partial charge in [-0.1, -0.05) is 39.5 Å². The highest BCUT2D eigenvalue weighted by molar-refractivity contribution is 5.77. The zero-order chi connectivity index (χ0) is 12.9. The molecule has 0 saturated carbocycles. The van der Waals surface area contributed by atoms with E-state index in [-0.39, 0.29) is 11.6 Å². The van der Waals surface area contributed by atoms with Gasteiger partial charge < -0.3 is 9.80 Å². The van der Waals surface area contributed by atoms with Gasteiger partial charge >= 0.3 is 6.03 Å². The number of hydrogen-bond acceptors (Lipinski definition) is 1. The summed E-state index contributed by atoms with van der Waals surface area (Å²) < 4.78 is 0. The quantitative estimate of drug-likeness (QED) is 0.625. The van der Waals surface area contributed by atoms with Crippen LogP contribution < -0.4 is 0 Å². The zero-order valence-electron chi connectivity index (χ0n) is 12.0. The van der Waals surface area contributed by atoms with Gasteiger partial charge in [0.25, 0.3) is 0 Å². The van der Waals surface area contributed by atoms with Gasteiger partial charge in [0.1, 0.15) is 0 Å². The number of rotatable bonds is 7. The molecule has 1 saturated heterocycles. The van der Waals surface area contributed by atoms with Crippen LogP contribution in [0.25, 0.3) is 0 Å². The molecular formula is C14H28N2O. The van der Waals surface area contributed by atoms with Crippen molar-refractivity contribution in [2.75, 3.05) is 20.1 Å². The van der Waals surface area contributed by atoms with Crippen LogP contribution in [0.2, 0.25) is 0 Å². The van der Waals surface area contributed by atoms with E-state index in [1.54, 1.807) is 0 Å². The van der Waals surface area contributed by atoms with Crippen molar-refractivity contribution in [2.45, 2.75) is 64.8 Å². The second-order valence-electron chi connectivity index (χ2n) is 5.56. The lowest BCUT2D eigenvalue weighted by molar-refractivity contribution is 0.122. The van der Waals surface area contributed by atoms with Crippen LogP contribution in [0.4, 0.5) is 4.79 Å². The van der Waals surface area contributed by atoms with Crippen LogP contribution in [-0.2, 0) is 0 Å². The number of amides is 2. The Hall–Kier alpha value is -0.730. The maximum Gasteiger partial charge on any atom is 0.320 e. The summed E-state index contributed by atoms with van der Waals surface area (Å²) in [6, 6.07) is 0.220. The molecular weight excluding hydrogens is 212 g/mol. The van der Waals surface area contributed by atoms with Gasteiger partial charge in [0.05, 0.1) is 0 Å². The maximum atomic E-state index is 12.1. The van der Waals surface area contributed by atoms with Gasteiger partial charge in [-0.05, 0) is 19.8 Å². The Morgan fingerprint density at radius 1 is 1.12 bits per heavy atom. The minimum absolute atomic E-state index is 0.0752. The van der Waals surface area contributed by atoms with E-state index in [1.165, 1.54) is 19.3 Å². The normalized spacial score (nSPS) is 19.9. The molecule has 0 N–H and O–H groups in total. The Bertz CT molecular complexity index is 255. The second kappa shape index (κ2) is 6.27. The largest absolute Gasteiger partial charge is 0.326 e. The molecule has 1 unspecified atom stereocenters. The summed E-state index contributed by atoms with van der Waals surface area (Å²) in [6.07, 6.45) is 7.17. The third-order valence-corrected chi connectivity index (χ3v) is 3.98. The van der Waals surface area contributed by atoms with Crippen molar-refractivity contribution in [3.8, 4) is 0 Å². The molecule has 0 spiro atoms. The first-order valence-electron chi connectivity index (χ1n) is 7.08. The van der Waals surface area contributed by atoms with E-state index in [9.17, 15) is 4.79 Å². The summed E-state index contributed by atoms with van der Waals surface area (Å²) in [4.78, 5) is 16.1. The highest BCUT2D eigenvalue weighted by Gasteiger charge is 2.38. The van der Waals surface area contributed by atoms with E-state index in [2.05, 4.69) is 25.7 Å². The topological polar surface area (TPSA) is 23.6 Å². The monoisotopic (exact) mass is 240 g/mol. The number of nitrogens with zero attached hydrogens (tertiary/aromatic N) is 2. The predicted molar refractivity (Wildman–Crippen MR) is 72.2 cm³/mol. The first kappa shape index (κ1) is 14.3. The van der Waals surface area contributed by atoms with E-state index < -0.39 is 0 Å². The third kappa shape index (κ3) is 3.36. The van der Waals surface area contributed by atoms with Crippen molar-refractivity contribution in [1.29, 1.82) is 0 Å². The molecule has 17 heavy (non-hydrogen) atoms. The highest BCUT2D eigenvalue weighted by Crippen LogP contribution is 2.30. The standard InChI is InChI=1S/C14H28N2O/c1-5-7-8-10-14(3,9-6-2)16-12-11-15(4)13(16)17/h5-12H2,1-4H3. The van der Waals surface area contributed by atoms with Crippen LogP contribution in [0.5, 0.6) is 0 Å². The number of carbonyl (C=O) groups excluding carboxylic acids is 1. The number of hydrogen-bond donors (Lipinski definition) is 0. The number of urea groups is 1. The Kier molecular flexibility index (Phi) is 5.29. The van der Waals surface area contributed by atoms with E-state index >= 15 is 0 Å². The van der Waals surface area contributed by atoms with Crippen molar-refractivity contribution in [2.24, 2.45) is 0 Å². The number of unbranched alkanes of at least 4 members (excludes halogenated alkanes) is 2. The molecule has 2 amide bonds. The molecule has 1 rings (SSSR count). The molecule has 1 heterocycles. The molecule has 3 heteroatoms. The summed E-state index contributed by atoms with van der Waals surface area (Å²) in [6.45, 7) is 8.49. The maximum absolute atomic E-state index is 12.1. The molecule has 1 aliphatic rings. The Balaban J connectivity index is 2.66. The molecule has 100 valence electrons. The Labute approximate surface area is 106 Å². The third-order valence-electron chi connectivity index (χ3n) is 3.98. The summed E-state index contributed by atoms with van der Waals surface area (Å²) in [5.74, 6) is 0. The smallest absolute Gasteiger partial charge is 0.320 e. The molecule has 0 aromatic heterocycles. The highest BCUT2D eigenvalue weighted by atomic mass is 16.2. The van der Waals surface area contributed by atoms with Gasteiger partial charge in [0, 0.05) is 25.7 Å². The van der Waals surface area contributed by atoms with Crippen LogP contribution >= 0.6 is 0 Å². The first-order valence-corrected chi connectivity index (χ1v) is 7.08. The minimum Gasteiger partial charge on any atom is -0.326 e. The van der Waals surface area contributed by atoms with E-state index in [4.69, 9.17) is 0 Å². The Morgan fingerprint density at radius 3 is 2.29 bits per heavy atom. The number of carbonyl (C=O) groups is 1. The summed E-state index contributed by atoms with van der Waals surface area (Å²) >= 11 is 0. The van der Waals surface area contributed by atoms with Crippen LogP contribution in [0.1, 0.15) is 59.3 Å². The summed E-state index contributed by atoms with van der Waals surface area (Å²) in [5, 5.41) is 0. The van der Waals surface area contributed by atoms with E-state index in [1.807, 2.05) is 11.9 Å². The molecule has 0 aliphatic carbocycles. The van der Waals surface area contributed by atoms with Crippen LogP contribution in [0, 0.1) is 0 Å². The zero-order valence-corrected chi connectivity index (χ0v) is 12.0. The van der Waals surface area contributed by atoms with Crippen molar-refractivity contribution < 1.29 is 4.79 Å². The fourth-order valence-electron chi connectivity index (χ4n) is 2.84. The average Bonchev–Trinajstić information content (AvgIpc) is 2.61. The predicted octanol–water partition coefficient (Wildman–Crippen LogP) is 3.49. The van der Waals surface area contributed by atoms with Crippen LogP contribution in [0.15, 0.2) is 0 Å². The molecule has 3 nitrogen and oxygen atoms in total. The summed E-state index contributed by atoms with van der Waals surface area (Å²) in [7, 11) is 1.90. The van der Waals surface area contributed by atoms with E-state index in [0.29, 0.717) is 0 Å². The molecule has 0 radical (unpaired) electrons. The lowest BCUT2D eigenvalue weighted by Crippen LogP contribution is -2.48. The Morgan fingerprint density at radius 2 is 1.82 bits per heavy atom. The fourth-order valence-corrected chi connectivity index (χ4v) is 2.84. The molecule has 0 bridgehead atoms. The van der Waals surface area contributed by atoms with Gasteiger partial charge in [-0.15, -0.1) is 0 Å². The van der Waals surface area contributed by atoms with Gasteiger partial charge in [0.2, 0.25) is 0 Å².